The predicted molar refractivity (Wildman–Crippen MR) is 93.9 cm³/mol. The first-order valence-electron chi connectivity index (χ1n) is 8.08. The Morgan fingerprint density at radius 1 is 1.25 bits per heavy atom. The molecule has 1 aliphatic rings. The molecule has 0 unspecified atom stereocenters. The van der Waals surface area contributed by atoms with E-state index in [2.05, 4.69) is 13.8 Å². The van der Waals surface area contributed by atoms with E-state index in [4.69, 9.17) is 4.74 Å². The van der Waals surface area contributed by atoms with Crippen molar-refractivity contribution in [2.75, 3.05) is 18.9 Å². The fraction of sp³-hybridized carbons (Fsp3) is 0.500. The topological polar surface area (TPSA) is 63.7 Å². The van der Waals surface area contributed by atoms with Gasteiger partial charge in [-0.3, -0.25) is 9.59 Å². The highest BCUT2D eigenvalue weighted by Gasteiger charge is 2.34. The maximum absolute atomic E-state index is 12.7. The van der Waals surface area contributed by atoms with E-state index in [-0.39, 0.29) is 24.2 Å². The summed E-state index contributed by atoms with van der Waals surface area (Å²) in [6.45, 7) is 6.28. The van der Waals surface area contributed by atoms with Crippen LogP contribution in [-0.2, 0) is 20.7 Å². The molecule has 1 aromatic rings. The van der Waals surface area contributed by atoms with Crippen LogP contribution in [0.25, 0.3) is 0 Å². The van der Waals surface area contributed by atoms with Gasteiger partial charge in [-0.1, -0.05) is 49.9 Å². The highest BCUT2D eigenvalue weighted by Crippen LogP contribution is 2.26. The second-order valence-corrected chi connectivity index (χ2v) is 7.50. The Morgan fingerprint density at radius 3 is 2.42 bits per heavy atom. The molecule has 2 rings (SSSR count). The van der Waals surface area contributed by atoms with Crippen molar-refractivity contribution < 1.29 is 19.1 Å². The summed E-state index contributed by atoms with van der Waals surface area (Å²) in [7, 11) is 0. The zero-order valence-corrected chi connectivity index (χ0v) is 15.1. The van der Waals surface area contributed by atoms with Gasteiger partial charge >= 0.3 is 6.09 Å². The van der Waals surface area contributed by atoms with Crippen LogP contribution in [0.2, 0.25) is 0 Å². The van der Waals surface area contributed by atoms with E-state index in [1.54, 1.807) is 0 Å². The molecule has 1 fully saturated rings. The molecule has 0 aromatic heterocycles. The second-order valence-electron chi connectivity index (χ2n) is 6.30. The first kappa shape index (κ1) is 18.5. The van der Waals surface area contributed by atoms with E-state index in [0.29, 0.717) is 11.7 Å². The first-order valence-corrected chi connectivity index (χ1v) is 9.07. The Morgan fingerprint density at radius 2 is 1.92 bits per heavy atom. The molecule has 1 heterocycles. The Kier molecular flexibility index (Phi) is 6.43. The maximum atomic E-state index is 12.7. The van der Waals surface area contributed by atoms with E-state index in [0.717, 1.165) is 28.6 Å². The van der Waals surface area contributed by atoms with Crippen LogP contribution < -0.4 is 0 Å². The molecule has 0 aliphatic carbocycles. The SMILES string of the molecule is CC(=O)SC[C@@H](C(=O)N1CCOC1=O)c1ccc(CC(C)C)cc1. The van der Waals surface area contributed by atoms with Gasteiger partial charge in [-0.15, -0.1) is 0 Å². The molecule has 1 saturated heterocycles. The molecular formula is C18H23NO4S. The largest absolute Gasteiger partial charge is 0.447 e. The second kappa shape index (κ2) is 8.33. The Bertz CT molecular complexity index is 612. The molecule has 6 heteroatoms. The summed E-state index contributed by atoms with van der Waals surface area (Å²) < 4.78 is 4.85. The normalized spacial score (nSPS) is 15.5. The van der Waals surface area contributed by atoms with Gasteiger partial charge in [0, 0.05) is 12.7 Å². The van der Waals surface area contributed by atoms with E-state index in [1.165, 1.54) is 12.5 Å². The monoisotopic (exact) mass is 349 g/mol. The Balaban J connectivity index is 2.19. The van der Waals surface area contributed by atoms with Crippen LogP contribution in [0.5, 0.6) is 0 Å². The maximum Gasteiger partial charge on any atom is 0.416 e. The van der Waals surface area contributed by atoms with Crippen LogP contribution in [0.3, 0.4) is 0 Å². The number of nitrogens with zero attached hydrogens (tertiary/aromatic N) is 1. The van der Waals surface area contributed by atoms with Gasteiger partial charge in [0.2, 0.25) is 5.91 Å². The molecule has 0 N–H and O–H groups in total. The lowest BCUT2D eigenvalue weighted by atomic mass is 9.96. The average Bonchev–Trinajstić information content (AvgIpc) is 2.94. The van der Waals surface area contributed by atoms with Crippen molar-refractivity contribution in [3.8, 4) is 0 Å². The highest BCUT2D eigenvalue weighted by molar-refractivity contribution is 8.13. The van der Waals surface area contributed by atoms with Crippen LogP contribution in [0.1, 0.15) is 37.8 Å². The summed E-state index contributed by atoms with van der Waals surface area (Å²) in [5.41, 5.74) is 2.03. The third kappa shape index (κ3) is 4.84. The van der Waals surface area contributed by atoms with Crippen LogP contribution in [0.15, 0.2) is 24.3 Å². The van der Waals surface area contributed by atoms with Gasteiger partial charge in [0.25, 0.3) is 0 Å². The van der Waals surface area contributed by atoms with Gasteiger partial charge in [0.15, 0.2) is 5.12 Å². The first-order chi connectivity index (χ1) is 11.4. The molecule has 0 saturated carbocycles. The predicted octanol–water partition coefficient (Wildman–Crippen LogP) is 3.23. The number of carbonyl (C=O) groups excluding carboxylic acids is 3. The van der Waals surface area contributed by atoms with Crippen molar-refractivity contribution in [3.05, 3.63) is 35.4 Å². The quantitative estimate of drug-likeness (QED) is 0.789. The molecular weight excluding hydrogens is 326 g/mol. The van der Waals surface area contributed by atoms with Crippen molar-refractivity contribution in [2.45, 2.75) is 33.1 Å². The van der Waals surface area contributed by atoms with Gasteiger partial charge in [0.05, 0.1) is 12.5 Å². The molecule has 130 valence electrons. The number of imide groups is 1. The Hall–Kier alpha value is -1.82. The molecule has 1 aliphatic heterocycles. The number of cyclic esters (lactones) is 1. The zero-order valence-electron chi connectivity index (χ0n) is 14.3. The molecule has 0 bridgehead atoms. The molecule has 5 nitrogen and oxygen atoms in total. The lowest BCUT2D eigenvalue weighted by Crippen LogP contribution is -2.36. The van der Waals surface area contributed by atoms with Gasteiger partial charge in [-0.25, -0.2) is 9.69 Å². The summed E-state index contributed by atoms with van der Waals surface area (Å²) in [6.07, 6.45) is 0.369. The molecule has 1 aromatic carbocycles. The summed E-state index contributed by atoms with van der Waals surface area (Å²) in [6, 6.07) is 7.86. The minimum atomic E-state index is -0.603. The van der Waals surface area contributed by atoms with E-state index in [9.17, 15) is 14.4 Å². The van der Waals surface area contributed by atoms with Crippen molar-refractivity contribution in [1.82, 2.24) is 4.90 Å². The minimum Gasteiger partial charge on any atom is -0.447 e. The van der Waals surface area contributed by atoms with E-state index in [1.807, 2.05) is 24.3 Å². The smallest absolute Gasteiger partial charge is 0.416 e. The fourth-order valence-corrected chi connectivity index (χ4v) is 3.39. The van der Waals surface area contributed by atoms with Crippen molar-refractivity contribution in [3.63, 3.8) is 0 Å². The third-order valence-electron chi connectivity index (χ3n) is 3.80. The standard InChI is InChI=1S/C18H23NO4S/c1-12(2)10-14-4-6-15(7-5-14)16(11-24-13(3)20)17(21)19-8-9-23-18(19)22/h4-7,12,16H,8-11H2,1-3H3/t16-/m1/s1. The zero-order chi connectivity index (χ0) is 17.7. The van der Waals surface area contributed by atoms with Gasteiger partial charge in [0.1, 0.15) is 6.61 Å². The number of carbonyl (C=O) groups is 3. The van der Waals surface area contributed by atoms with Crippen LogP contribution in [0, 0.1) is 5.92 Å². The van der Waals surface area contributed by atoms with Crippen molar-refractivity contribution in [2.24, 2.45) is 5.92 Å². The number of hydrogen-bond acceptors (Lipinski definition) is 5. The number of thioether (sulfide) groups is 1. The number of ether oxygens (including phenoxy) is 1. The summed E-state index contributed by atoms with van der Waals surface area (Å²) in [5.74, 6) is 0.0445. The fourth-order valence-electron chi connectivity index (χ4n) is 2.65. The summed E-state index contributed by atoms with van der Waals surface area (Å²) >= 11 is 1.10. The third-order valence-corrected chi connectivity index (χ3v) is 4.71. The minimum absolute atomic E-state index is 0.0479. The van der Waals surface area contributed by atoms with Gasteiger partial charge in [-0.05, 0) is 23.5 Å². The molecule has 0 spiro atoms. The van der Waals surface area contributed by atoms with Gasteiger partial charge in [-0.2, -0.15) is 0 Å². The number of amides is 2. The van der Waals surface area contributed by atoms with Crippen LogP contribution in [0.4, 0.5) is 4.79 Å². The summed E-state index contributed by atoms with van der Waals surface area (Å²) in [5, 5.41) is -0.0479. The lowest BCUT2D eigenvalue weighted by molar-refractivity contribution is -0.128. The van der Waals surface area contributed by atoms with E-state index < -0.39 is 12.0 Å². The van der Waals surface area contributed by atoms with Crippen LogP contribution in [-0.4, -0.2) is 40.9 Å². The molecule has 24 heavy (non-hydrogen) atoms. The molecule has 2 amide bonds. The average molecular weight is 349 g/mol. The molecule has 0 radical (unpaired) electrons. The number of hydrogen-bond donors (Lipinski definition) is 0. The van der Waals surface area contributed by atoms with Crippen molar-refractivity contribution in [1.29, 1.82) is 0 Å². The Labute approximate surface area is 146 Å². The molecule has 1 atom stereocenters. The van der Waals surface area contributed by atoms with E-state index >= 15 is 0 Å². The van der Waals surface area contributed by atoms with Gasteiger partial charge < -0.3 is 4.74 Å². The summed E-state index contributed by atoms with van der Waals surface area (Å²) in [4.78, 5) is 36.8. The van der Waals surface area contributed by atoms with Crippen molar-refractivity contribution >= 4 is 28.9 Å². The highest BCUT2D eigenvalue weighted by atomic mass is 32.2. The number of rotatable bonds is 6. The van der Waals surface area contributed by atoms with Crippen LogP contribution >= 0.6 is 11.8 Å². The lowest BCUT2D eigenvalue weighted by Gasteiger charge is -2.20. The number of benzene rings is 1.